The van der Waals surface area contributed by atoms with Crippen molar-refractivity contribution in [3.63, 3.8) is 0 Å². The Kier molecular flexibility index (Phi) is 12.2. The molecule has 1 N–H and O–H groups in total. The highest BCUT2D eigenvalue weighted by atomic mass is 35.5. The minimum Gasteiger partial charge on any atom is -0.477 e. The molecule has 8 nitrogen and oxygen atoms in total. The smallest absolute Gasteiger partial charge is 0.354 e. The molecule has 0 unspecified atom stereocenters. The molecule has 38 heavy (non-hydrogen) atoms. The first-order valence-electron chi connectivity index (χ1n) is 11.8. The predicted molar refractivity (Wildman–Crippen MR) is 152 cm³/mol. The van der Waals surface area contributed by atoms with Crippen LogP contribution in [0, 0.1) is 0 Å². The van der Waals surface area contributed by atoms with Gasteiger partial charge in [-0.3, -0.25) is 14.4 Å². The van der Waals surface area contributed by atoms with E-state index in [1.807, 2.05) is 18.2 Å². The van der Waals surface area contributed by atoms with Crippen LogP contribution in [0.4, 0.5) is 0 Å². The van der Waals surface area contributed by atoms with Gasteiger partial charge in [-0.2, -0.15) is 0 Å². The Labute approximate surface area is 228 Å². The van der Waals surface area contributed by atoms with Crippen molar-refractivity contribution >= 4 is 57.7 Å². The summed E-state index contributed by atoms with van der Waals surface area (Å²) in [4.78, 5) is 55.5. The topological polar surface area (TPSA) is 118 Å². The van der Waals surface area contributed by atoms with Crippen molar-refractivity contribution in [2.75, 3.05) is 14.1 Å². The lowest BCUT2D eigenvalue weighted by Gasteiger charge is -2.11. The Morgan fingerprint density at radius 2 is 1.11 bits per heavy atom. The van der Waals surface area contributed by atoms with Crippen LogP contribution >= 0.6 is 12.4 Å². The molecule has 2 aromatic carbocycles. The number of amides is 1. The summed E-state index contributed by atoms with van der Waals surface area (Å²) in [5.74, 6) is -1.57. The molecule has 0 radical (unpaired) electrons. The molecular formula is C29H32ClN3O5. The lowest BCUT2D eigenvalue weighted by Crippen LogP contribution is -2.23. The van der Waals surface area contributed by atoms with E-state index < -0.39 is 5.97 Å². The van der Waals surface area contributed by atoms with Gasteiger partial charge in [0.1, 0.15) is 11.4 Å². The molecule has 0 spiro atoms. The maximum Gasteiger partial charge on any atom is 0.354 e. The molecule has 0 atom stereocenters. The van der Waals surface area contributed by atoms with Crippen LogP contribution in [0.5, 0.6) is 0 Å². The summed E-state index contributed by atoms with van der Waals surface area (Å²) >= 11 is 0. The fourth-order valence-electron chi connectivity index (χ4n) is 3.38. The van der Waals surface area contributed by atoms with E-state index in [2.05, 4.69) is 23.8 Å². The van der Waals surface area contributed by atoms with Crippen LogP contribution < -0.4 is 0 Å². The minimum atomic E-state index is -1.13. The average molecular weight is 538 g/mol. The normalized spacial score (nSPS) is 9.74. The zero-order valence-electron chi connectivity index (χ0n) is 22.3. The van der Waals surface area contributed by atoms with Crippen LogP contribution in [0.15, 0.2) is 60.7 Å². The summed E-state index contributed by atoms with van der Waals surface area (Å²) in [6.45, 7) is 7.15. The first kappa shape index (κ1) is 31.9. The number of ketones is 2. The van der Waals surface area contributed by atoms with E-state index in [1.165, 1.54) is 31.2 Å². The van der Waals surface area contributed by atoms with E-state index in [0.29, 0.717) is 33.2 Å². The van der Waals surface area contributed by atoms with Gasteiger partial charge in [-0.25, -0.2) is 14.8 Å². The van der Waals surface area contributed by atoms with Gasteiger partial charge < -0.3 is 10.0 Å². The van der Waals surface area contributed by atoms with Crippen molar-refractivity contribution in [3.05, 3.63) is 83.2 Å². The molecule has 0 fully saturated rings. The number of hydrogen-bond donors (Lipinski definition) is 1. The number of aromatic carboxylic acids is 1. The first-order valence-corrected chi connectivity index (χ1v) is 11.8. The summed E-state index contributed by atoms with van der Waals surface area (Å²) in [5.41, 5.74) is 2.30. The number of carbonyl (C=O) groups excluding carboxylic acids is 3. The van der Waals surface area contributed by atoms with E-state index >= 15 is 0 Å². The molecular weight excluding hydrogens is 506 g/mol. The average Bonchev–Trinajstić information content (AvgIpc) is 2.87. The van der Waals surface area contributed by atoms with Crippen LogP contribution in [0.25, 0.3) is 21.8 Å². The van der Waals surface area contributed by atoms with Crippen LogP contribution in [0.2, 0.25) is 0 Å². The summed E-state index contributed by atoms with van der Waals surface area (Å²) < 4.78 is 0. The fraction of sp³-hybridized carbons (Fsp3) is 0.241. The number of halogens is 1. The van der Waals surface area contributed by atoms with E-state index in [1.54, 1.807) is 50.5 Å². The Bertz CT molecular complexity index is 1470. The number of pyridine rings is 2. The van der Waals surface area contributed by atoms with Gasteiger partial charge in [-0.05, 0) is 38.1 Å². The number of benzene rings is 2. The highest BCUT2D eigenvalue weighted by Crippen LogP contribution is 2.20. The number of rotatable bonds is 4. The number of fused-ring (bicyclic) bond motifs is 2. The highest BCUT2D eigenvalue weighted by molar-refractivity contribution is 6.09. The Morgan fingerprint density at radius 1 is 0.737 bits per heavy atom. The maximum atomic E-state index is 11.9. The highest BCUT2D eigenvalue weighted by Gasteiger charge is 2.15. The molecule has 0 saturated carbocycles. The van der Waals surface area contributed by atoms with Gasteiger partial charge in [0.05, 0.1) is 11.0 Å². The largest absolute Gasteiger partial charge is 0.477 e. The summed E-state index contributed by atoms with van der Waals surface area (Å²) in [6.07, 6.45) is 1.25. The number of carboxylic acid groups (broad SMARTS) is 1. The van der Waals surface area contributed by atoms with Gasteiger partial charge in [-0.15, -0.1) is 12.4 Å². The lowest BCUT2D eigenvalue weighted by atomic mass is 10.0. The number of carbonyl (C=O) groups is 4. The predicted octanol–water partition coefficient (Wildman–Crippen LogP) is 6.11. The Morgan fingerprint density at radius 3 is 1.47 bits per heavy atom. The second-order valence-corrected chi connectivity index (χ2v) is 8.47. The molecule has 2 aromatic heterocycles. The SMILES string of the molecule is CC(=O)c1cc(C(=O)N(C)C)nc2ccccc12.CC(=O)c1cc(C(=O)O)nc2ccccc12.CCC.Cl. The molecule has 2 heterocycles. The van der Waals surface area contributed by atoms with Crippen molar-refractivity contribution in [1.29, 1.82) is 0 Å². The number of carboxylic acids is 1. The van der Waals surface area contributed by atoms with Crippen LogP contribution in [-0.4, -0.2) is 57.5 Å². The Balaban J connectivity index is 0.000000338. The summed E-state index contributed by atoms with van der Waals surface area (Å²) in [7, 11) is 3.32. The third-order valence-electron chi connectivity index (χ3n) is 5.04. The molecule has 0 aliphatic heterocycles. The Hall–Kier alpha value is -4.17. The molecule has 1 amide bonds. The number of hydrogen-bond acceptors (Lipinski definition) is 6. The molecule has 4 rings (SSSR count). The number of para-hydroxylation sites is 2. The first-order chi connectivity index (χ1) is 17.5. The van der Waals surface area contributed by atoms with Gasteiger partial charge in [0.25, 0.3) is 5.91 Å². The van der Waals surface area contributed by atoms with Gasteiger partial charge in [0.15, 0.2) is 11.6 Å². The maximum absolute atomic E-state index is 11.9. The third-order valence-corrected chi connectivity index (χ3v) is 5.04. The fourth-order valence-corrected chi connectivity index (χ4v) is 3.38. The van der Waals surface area contributed by atoms with Crippen molar-refractivity contribution in [2.45, 2.75) is 34.1 Å². The number of nitrogens with zero attached hydrogens (tertiary/aromatic N) is 3. The van der Waals surface area contributed by atoms with Crippen LogP contribution in [0.1, 0.15) is 75.8 Å². The molecule has 4 aromatic rings. The number of aromatic nitrogens is 2. The van der Waals surface area contributed by atoms with Crippen LogP contribution in [0.3, 0.4) is 0 Å². The van der Waals surface area contributed by atoms with Crippen molar-refractivity contribution in [1.82, 2.24) is 14.9 Å². The lowest BCUT2D eigenvalue weighted by molar-refractivity contribution is 0.0690. The zero-order chi connectivity index (χ0) is 27.7. The van der Waals surface area contributed by atoms with Crippen LogP contribution in [-0.2, 0) is 0 Å². The van der Waals surface area contributed by atoms with Crippen molar-refractivity contribution in [3.8, 4) is 0 Å². The molecule has 200 valence electrons. The standard InChI is InChI=1S/C14H14N2O2.C12H9NO3.C3H8.ClH/c1-9(17)11-8-13(14(18)16(2)3)15-12-7-5-4-6-10(11)12;1-7(14)9-6-11(12(15)16)13-10-5-3-2-4-8(9)10;1-3-2;/h4-8H,1-3H3;2-6H,1H3,(H,15,16);3H2,1-2H3;1H. The van der Waals surface area contributed by atoms with Gasteiger partial charge in [0, 0.05) is 36.0 Å². The van der Waals surface area contributed by atoms with Gasteiger partial charge in [0.2, 0.25) is 0 Å². The molecule has 9 heteroatoms. The zero-order valence-corrected chi connectivity index (χ0v) is 23.1. The molecule has 0 bridgehead atoms. The summed E-state index contributed by atoms with van der Waals surface area (Å²) in [6, 6.07) is 17.2. The van der Waals surface area contributed by atoms with Crippen molar-refractivity contribution in [2.24, 2.45) is 0 Å². The minimum absolute atomic E-state index is 0. The van der Waals surface area contributed by atoms with E-state index in [0.717, 1.165) is 5.39 Å². The summed E-state index contributed by atoms with van der Waals surface area (Å²) in [5, 5.41) is 10.3. The molecule has 0 aliphatic carbocycles. The quantitative estimate of drug-likeness (QED) is 0.312. The van der Waals surface area contributed by atoms with Crippen molar-refractivity contribution < 1.29 is 24.3 Å². The van der Waals surface area contributed by atoms with Gasteiger partial charge >= 0.3 is 5.97 Å². The number of Topliss-reactive ketones (excluding diaryl/α,β-unsaturated/α-hetero) is 2. The molecule has 0 saturated heterocycles. The second kappa shape index (κ2) is 14.5. The molecule has 0 aliphatic rings. The van der Waals surface area contributed by atoms with Gasteiger partial charge in [-0.1, -0.05) is 56.7 Å². The monoisotopic (exact) mass is 537 g/mol. The second-order valence-electron chi connectivity index (χ2n) is 8.47. The van der Waals surface area contributed by atoms with E-state index in [-0.39, 0.29) is 35.6 Å². The van der Waals surface area contributed by atoms with E-state index in [9.17, 15) is 19.2 Å². The van der Waals surface area contributed by atoms with E-state index in [4.69, 9.17) is 5.11 Å². The third kappa shape index (κ3) is 7.91.